The molecule has 0 radical (unpaired) electrons. The maximum absolute atomic E-state index is 13.8. The first-order valence-electron chi connectivity index (χ1n) is 11.2. The Bertz CT molecular complexity index is 1270. The summed E-state index contributed by atoms with van der Waals surface area (Å²) in [4.78, 5) is 37.6. The largest absolute Gasteiger partial charge is 0.449 e. The summed E-state index contributed by atoms with van der Waals surface area (Å²) in [5.74, 6) is -0.521. The molecule has 1 unspecified atom stereocenters. The SMILES string of the molecule is CN(C)c1nc(-c2ccc(C3(C(=O)c4nccc5c4C(=O)OC54CCNC4)CC3)cc2)cs1. The molecule has 8 heteroatoms. The number of hydrogen-bond acceptors (Lipinski definition) is 8. The Hall–Kier alpha value is -3.10. The van der Waals surface area contributed by atoms with E-state index >= 15 is 0 Å². The van der Waals surface area contributed by atoms with Gasteiger partial charge in [-0.05, 0) is 31.0 Å². The Kier molecular flexibility index (Phi) is 4.47. The zero-order valence-corrected chi connectivity index (χ0v) is 19.4. The molecule has 3 aliphatic rings. The Balaban J connectivity index is 1.33. The Morgan fingerprint density at radius 3 is 2.58 bits per heavy atom. The van der Waals surface area contributed by atoms with Gasteiger partial charge >= 0.3 is 5.97 Å². The first-order valence-corrected chi connectivity index (χ1v) is 12.0. The highest BCUT2D eigenvalue weighted by atomic mass is 32.1. The van der Waals surface area contributed by atoms with Crippen molar-refractivity contribution in [3.63, 3.8) is 0 Å². The number of nitrogens with zero attached hydrogens (tertiary/aromatic N) is 3. The number of hydrogen-bond donors (Lipinski definition) is 1. The molecule has 1 N–H and O–H groups in total. The molecule has 0 amide bonds. The number of ketones is 1. The molecule has 1 atom stereocenters. The fourth-order valence-corrected chi connectivity index (χ4v) is 5.82. The van der Waals surface area contributed by atoms with Crippen molar-refractivity contribution in [1.82, 2.24) is 15.3 Å². The average molecular weight is 461 g/mol. The second-order valence-electron chi connectivity index (χ2n) is 9.29. The number of thiazole rings is 1. The van der Waals surface area contributed by atoms with Gasteiger partial charge in [-0.3, -0.25) is 9.78 Å². The van der Waals surface area contributed by atoms with Crippen LogP contribution in [0.3, 0.4) is 0 Å². The average Bonchev–Trinajstić information content (AvgIpc) is 3.16. The van der Waals surface area contributed by atoms with Gasteiger partial charge in [0.1, 0.15) is 5.69 Å². The number of carbonyl (C=O) groups excluding carboxylic acids is 2. The fraction of sp³-hybridized carbons (Fsp3) is 0.360. The number of ether oxygens (including phenoxy) is 1. The standard InChI is InChI=1S/C25H24N4O3S/c1-29(2)23-28-18(13-33-23)15-3-5-16(6-4-15)24(8-9-24)21(30)20-19-17(7-11-27-20)25(32-22(19)31)10-12-26-14-25/h3-7,11,13,26H,8-10,12,14H2,1-2H3. The third-order valence-electron chi connectivity index (χ3n) is 7.06. The molecule has 2 aromatic heterocycles. The number of aromatic nitrogens is 2. The van der Waals surface area contributed by atoms with Crippen LogP contribution in [0.1, 0.15) is 51.2 Å². The van der Waals surface area contributed by atoms with Gasteiger partial charge in [-0.15, -0.1) is 11.3 Å². The number of fused-ring (bicyclic) bond motifs is 2. The lowest BCUT2D eigenvalue weighted by atomic mass is 9.85. The molecule has 2 fully saturated rings. The van der Waals surface area contributed by atoms with E-state index < -0.39 is 17.0 Å². The van der Waals surface area contributed by atoms with Crippen LogP contribution in [-0.4, -0.2) is 48.9 Å². The molecule has 4 heterocycles. The van der Waals surface area contributed by atoms with Gasteiger partial charge in [0.2, 0.25) is 0 Å². The molecule has 1 saturated carbocycles. The minimum absolute atomic E-state index is 0.0874. The summed E-state index contributed by atoms with van der Waals surface area (Å²) in [7, 11) is 3.95. The quantitative estimate of drug-likeness (QED) is 0.460. The Morgan fingerprint density at radius 1 is 1.15 bits per heavy atom. The summed E-state index contributed by atoms with van der Waals surface area (Å²) in [5, 5.41) is 6.26. The molecule has 33 heavy (non-hydrogen) atoms. The van der Waals surface area contributed by atoms with Gasteiger partial charge in [-0.1, -0.05) is 24.3 Å². The van der Waals surface area contributed by atoms with Crippen LogP contribution in [0.15, 0.2) is 41.9 Å². The monoisotopic (exact) mass is 460 g/mol. The summed E-state index contributed by atoms with van der Waals surface area (Å²) in [6.45, 7) is 1.35. The van der Waals surface area contributed by atoms with Crippen LogP contribution >= 0.6 is 11.3 Å². The van der Waals surface area contributed by atoms with Crippen molar-refractivity contribution in [2.24, 2.45) is 0 Å². The predicted octanol–water partition coefficient (Wildman–Crippen LogP) is 3.54. The Labute approximate surface area is 195 Å². The molecule has 1 aliphatic carbocycles. The van der Waals surface area contributed by atoms with Crippen LogP contribution in [-0.2, 0) is 15.8 Å². The highest BCUT2D eigenvalue weighted by molar-refractivity contribution is 7.14. The van der Waals surface area contributed by atoms with E-state index in [4.69, 9.17) is 4.74 Å². The highest BCUT2D eigenvalue weighted by Gasteiger charge is 2.55. The van der Waals surface area contributed by atoms with E-state index in [1.807, 2.05) is 54.7 Å². The van der Waals surface area contributed by atoms with Gasteiger partial charge in [0.15, 0.2) is 16.5 Å². The summed E-state index contributed by atoms with van der Waals surface area (Å²) in [6.07, 6.45) is 3.85. The van der Waals surface area contributed by atoms with Crippen molar-refractivity contribution in [3.8, 4) is 11.3 Å². The summed E-state index contributed by atoms with van der Waals surface area (Å²) >= 11 is 1.60. The lowest BCUT2D eigenvalue weighted by Gasteiger charge is -2.21. The van der Waals surface area contributed by atoms with Gasteiger partial charge in [0.05, 0.1) is 16.7 Å². The van der Waals surface area contributed by atoms with E-state index in [1.54, 1.807) is 17.5 Å². The van der Waals surface area contributed by atoms with E-state index in [-0.39, 0.29) is 11.5 Å². The number of nitrogens with one attached hydrogen (secondary N) is 1. The minimum atomic E-state index is -0.665. The molecular weight excluding hydrogens is 436 g/mol. The predicted molar refractivity (Wildman–Crippen MR) is 126 cm³/mol. The number of Topliss-reactive ketones (excluding diaryl/α,β-unsaturated/α-hetero) is 1. The zero-order chi connectivity index (χ0) is 22.8. The maximum Gasteiger partial charge on any atom is 0.341 e. The van der Waals surface area contributed by atoms with E-state index in [1.165, 1.54) is 0 Å². The highest BCUT2D eigenvalue weighted by Crippen LogP contribution is 2.52. The van der Waals surface area contributed by atoms with Crippen LogP contribution in [0.4, 0.5) is 5.13 Å². The van der Waals surface area contributed by atoms with Gasteiger partial charge < -0.3 is 15.0 Å². The number of anilines is 1. The van der Waals surface area contributed by atoms with Crippen molar-refractivity contribution < 1.29 is 14.3 Å². The maximum atomic E-state index is 13.8. The van der Waals surface area contributed by atoms with Crippen LogP contribution < -0.4 is 10.2 Å². The van der Waals surface area contributed by atoms with Crippen LogP contribution in [0.2, 0.25) is 0 Å². The van der Waals surface area contributed by atoms with Gasteiger partial charge in [-0.2, -0.15) is 0 Å². The lowest BCUT2D eigenvalue weighted by molar-refractivity contribution is 0.00158. The van der Waals surface area contributed by atoms with Crippen LogP contribution in [0, 0.1) is 0 Å². The molecule has 3 aromatic rings. The molecule has 0 bridgehead atoms. The topological polar surface area (TPSA) is 84.4 Å². The summed E-state index contributed by atoms with van der Waals surface area (Å²) in [6, 6.07) is 9.90. The zero-order valence-electron chi connectivity index (χ0n) is 18.6. The van der Waals surface area contributed by atoms with E-state index in [9.17, 15) is 9.59 Å². The smallest absolute Gasteiger partial charge is 0.341 e. The first kappa shape index (κ1) is 20.5. The van der Waals surface area contributed by atoms with Crippen molar-refractivity contribution in [3.05, 3.63) is 64.3 Å². The molecule has 1 spiro atoms. The third-order valence-corrected chi connectivity index (χ3v) is 8.07. The van der Waals surface area contributed by atoms with Gasteiger partial charge in [-0.25, -0.2) is 9.78 Å². The molecule has 1 aromatic carbocycles. The minimum Gasteiger partial charge on any atom is -0.449 e. The number of pyridine rings is 1. The molecule has 168 valence electrons. The molecule has 7 nitrogen and oxygen atoms in total. The molecule has 1 saturated heterocycles. The number of benzene rings is 1. The molecular formula is C25H24N4O3S. The second-order valence-corrected chi connectivity index (χ2v) is 10.1. The number of rotatable bonds is 5. The van der Waals surface area contributed by atoms with E-state index in [0.29, 0.717) is 18.5 Å². The van der Waals surface area contributed by atoms with Gasteiger partial charge in [0.25, 0.3) is 0 Å². The van der Waals surface area contributed by atoms with E-state index in [2.05, 4.69) is 15.3 Å². The van der Waals surface area contributed by atoms with Crippen molar-refractivity contribution in [1.29, 1.82) is 0 Å². The first-order chi connectivity index (χ1) is 15.9. The molecule has 6 rings (SSSR count). The summed E-state index contributed by atoms with van der Waals surface area (Å²) < 4.78 is 5.79. The number of esters is 1. The van der Waals surface area contributed by atoms with Crippen molar-refractivity contribution in [2.75, 3.05) is 32.1 Å². The number of carbonyl (C=O) groups is 2. The van der Waals surface area contributed by atoms with E-state index in [0.717, 1.165) is 46.9 Å². The normalized spacial score (nSPS) is 22.3. The van der Waals surface area contributed by atoms with Crippen molar-refractivity contribution in [2.45, 2.75) is 30.3 Å². The Morgan fingerprint density at radius 2 is 1.94 bits per heavy atom. The van der Waals surface area contributed by atoms with Crippen LogP contribution in [0.25, 0.3) is 11.3 Å². The third kappa shape index (κ3) is 3.04. The lowest BCUT2D eigenvalue weighted by Crippen LogP contribution is -2.29. The second kappa shape index (κ2) is 7.20. The van der Waals surface area contributed by atoms with Crippen LogP contribution in [0.5, 0.6) is 0 Å². The van der Waals surface area contributed by atoms with Crippen molar-refractivity contribution >= 4 is 28.2 Å². The fourth-order valence-electron chi connectivity index (χ4n) is 5.05. The van der Waals surface area contributed by atoms with Gasteiger partial charge in [0, 0.05) is 49.8 Å². The summed E-state index contributed by atoms with van der Waals surface area (Å²) in [5.41, 5.74) is 3.01. The molecule has 2 aliphatic heterocycles.